The summed E-state index contributed by atoms with van der Waals surface area (Å²) in [5.41, 5.74) is 0. The Hall–Kier alpha value is -0.0800. The molecule has 0 amide bonds. The molecule has 1 aliphatic rings. The predicted octanol–water partition coefficient (Wildman–Crippen LogP) is 2.84. The molecule has 2 heteroatoms. The smallest absolute Gasteiger partial charge is 0.0745 e. The van der Waals surface area contributed by atoms with E-state index in [4.69, 9.17) is 4.74 Å². The minimum absolute atomic E-state index is 0.338. The van der Waals surface area contributed by atoms with Gasteiger partial charge in [-0.2, -0.15) is 0 Å². The van der Waals surface area contributed by atoms with Gasteiger partial charge in [0.25, 0.3) is 0 Å². The summed E-state index contributed by atoms with van der Waals surface area (Å²) in [6.45, 7) is 9.13. The Labute approximate surface area is 94.0 Å². The van der Waals surface area contributed by atoms with E-state index in [9.17, 15) is 5.11 Å². The van der Waals surface area contributed by atoms with Gasteiger partial charge in [0.2, 0.25) is 0 Å². The van der Waals surface area contributed by atoms with Gasteiger partial charge in [-0.05, 0) is 37.5 Å². The minimum Gasteiger partial charge on any atom is -0.391 e. The molecule has 1 aliphatic carbocycles. The fourth-order valence-corrected chi connectivity index (χ4v) is 2.57. The first-order chi connectivity index (χ1) is 7.00. The monoisotopic (exact) mass is 214 g/mol. The van der Waals surface area contributed by atoms with Crippen LogP contribution in [-0.2, 0) is 4.74 Å². The summed E-state index contributed by atoms with van der Waals surface area (Å²) in [6.07, 6.45) is 3.80. The lowest BCUT2D eigenvalue weighted by Crippen LogP contribution is -2.35. The Kier molecular flexibility index (Phi) is 5.07. The van der Waals surface area contributed by atoms with E-state index in [0.29, 0.717) is 24.5 Å². The van der Waals surface area contributed by atoms with Crippen molar-refractivity contribution in [2.75, 3.05) is 6.61 Å². The first-order valence-corrected chi connectivity index (χ1v) is 6.30. The molecular weight excluding hydrogens is 188 g/mol. The summed E-state index contributed by atoms with van der Waals surface area (Å²) >= 11 is 0. The fraction of sp³-hybridized carbons (Fsp3) is 1.00. The van der Waals surface area contributed by atoms with Crippen molar-refractivity contribution in [3.8, 4) is 0 Å². The number of aliphatic hydroxyl groups excluding tert-OH is 1. The average molecular weight is 214 g/mol. The molecule has 0 heterocycles. The lowest BCUT2D eigenvalue weighted by atomic mass is 9.75. The van der Waals surface area contributed by atoms with Crippen molar-refractivity contribution in [1.29, 1.82) is 0 Å². The second-order valence-corrected chi connectivity index (χ2v) is 5.55. The Morgan fingerprint density at radius 3 is 2.47 bits per heavy atom. The van der Waals surface area contributed by atoms with Crippen LogP contribution in [0.4, 0.5) is 0 Å². The Balaban J connectivity index is 2.46. The van der Waals surface area contributed by atoms with Crippen LogP contribution in [0.5, 0.6) is 0 Å². The van der Waals surface area contributed by atoms with E-state index in [0.717, 1.165) is 12.3 Å². The molecule has 0 aliphatic heterocycles. The topological polar surface area (TPSA) is 29.5 Å². The zero-order valence-corrected chi connectivity index (χ0v) is 10.6. The maximum Gasteiger partial charge on any atom is 0.0745 e. The molecule has 1 fully saturated rings. The van der Waals surface area contributed by atoms with E-state index in [1.54, 1.807) is 6.92 Å². The number of ether oxygens (including phenoxy) is 1. The summed E-state index contributed by atoms with van der Waals surface area (Å²) in [5.74, 6) is 2.15. The number of aliphatic hydroxyl groups is 1. The summed E-state index contributed by atoms with van der Waals surface area (Å²) in [4.78, 5) is 0. The molecular formula is C13H26O2. The van der Waals surface area contributed by atoms with Crippen LogP contribution in [0.2, 0.25) is 0 Å². The summed E-state index contributed by atoms with van der Waals surface area (Å²) in [7, 11) is 0. The van der Waals surface area contributed by atoms with E-state index < -0.39 is 0 Å². The van der Waals surface area contributed by atoms with Crippen molar-refractivity contribution in [3.05, 3.63) is 0 Å². The summed E-state index contributed by atoms with van der Waals surface area (Å²) < 4.78 is 5.84. The van der Waals surface area contributed by atoms with Crippen LogP contribution in [0.15, 0.2) is 0 Å². The van der Waals surface area contributed by atoms with Crippen LogP contribution in [-0.4, -0.2) is 23.9 Å². The van der Waals surface area contributed by atoms with Gasteiger partial charge in [0.05, 0.1) is 18.8 Å². The van der Waals surface area contributed by atoms with Crippen LogP contribution in [0, 0.1) is 17.8 Å². The Morgan fingerprint density at radius 2 is 1.93 bits per heavy atom. The molecule has 0 saturated heterocycles. The highest BCUT2D eigenvalue weighted by molar-refractivity contribution is 4.81. The second-order valence-electron chi connectivity index (χ2n) is 5.55. The van der Waals surface area contributed by atoms with Crippen LogP contribution < -0.4 is 0 Å². The SMILES string of the molecule is CC(O)CO[C@H]1C[C@H](C)CC[C@H]1C(C)C. The normalized spacial score (nSPS) is 34.4. The van der Waals surface area contributed by atoms with Crippen molar-refractivity contribution in [3.63, 3.8) is 0 Å². The third-order valence-corrected chi connectivity index (χ3v) is 3.51. The molecule has 0 radical (unpaired) electrons. The highest BCUT2D eigenvalue weighted by atomic mass is 16.5. The van der Waals surface area contributed by atoms with Gasteiger partial charge in [-0.15, -0.1) is 0 Å². The molecule has 4 atom stereocenters. The lowest BCUT2D eigenvalue weighted by Gasteiger charge is -2.37. The molecule has 1 rings (SSSR count). The average Bonchev–Trinajstić information content (AvgIpc) is 2.14. The maximum atomic E-state index is 9.25. The number of hydrogen-bond donors (Lipinski definition) is 1. The van der Waals surface area contributed by atoms with Gasteiger partial charge in [-0.3, -0.25) is 0 Å². The zero-order valence-electron chi connectivity index (χ0n) is 10.6. The van der Waals surface area contributed by atoms with Crippen LogP contribution in [0.1, 0.15) is 47.0 Å². The van der Waals surface area contributed by atoms with Gasteiger partial charge in [0.1, 0.15) is 0 Å². The van der Waals surface area contributed by atoms with Crippen molar-refractivity contribution in [2.24, 2.45) is 17.8 Å². The molecule has 1 unspecified atom stereocenters. The summed E-state index contributed by atoms with van der Waals surface area (Å²) in [5, 5.41) is 9.25. The molecule has 0 spiro atoms. The molecule has 15 heavy (non-hydrogen) atoms. The van der Waals surface area contributed by atoms with Crippen molar-refractivity contribution >= 4 is 0 Å². The standard InChI is InChI=1S/C13H26O2/c1-9(2)12-6-5-10(3)7-13(12)15-8-11(4)14/h9-14H,5-8H2,1-4H3/t10-,11?,12+,13+/m1/s1. The maximum absolute atomic E-state index is 9.25. The van der Waals surface area contributed by atoms with Crippen LogP contribution in [0.3, 0.4) is 0 Å². The molecule has 2 nitrogen and oxygen atoms in total. The van der Waals surface area contributed by atoms with Crippen molar-refractivity contribution in [1.82, 2.24) is 0 Å². The van der Waals surface area contributed by atoms with Gasteiger partial charge in [-0.25, -0.2) is 0 Å². The molecule has 0 aromatic heterocycles. The van der Waals surface area contributed by atoms with Gasteiger partial charge >= 0.3 is 0 Å². The molecule has 1 saturated carbocycles. The van der Waals surface area contributed by atoms with Gasteiger partial charge in [-0.1, -0.05) is 27.2 Å². The van der Waals surface area contributed by atoms with Gasteiger partial charge < -0.3 is 9.84 Å². The van der Waals surface area contributed by atoms with E-state index in [1.165, 1.54) is 12.8 Å². The highest BCUT2D eigenvalue weighted by Gasteiger charge is 2.31. The molecule has 90 valence electrons. The third kappa shape index (κ3) is 4.12. The van der Waals surface area contributed by atoms with E-state index in [2.05, 4.69) is 20.8 Å². The van der Waals surface area contributed by atoms with E-state index in [1.807, 2.05) is 0 Å². The van der Waals surface area contributed by atoms with Gasteiger partial charge in [0.15, 0.2) is 0 Å². The fourth-order valence-electron chi connectivity index (χ4n) is 2.57. The number of hydrogen-bond acceptors (Lipinski definition) is 2. The molecule has 0 bridgehead atoms. The predicted molar refractivity (Wildman–Crippen MR) is 62.8 cm³/mol. The Morgan fingerprint density at radius 1 is 1.27 bits per heavy atom. The van der Waals surface area contributed by atoms with Crippen LogP contribution >= 0.6 is 0 Å². The highest BCUT2D eigenvalue weighted by Crippen LogP contribution is 2.35. The zero-order chi connectivity index (χ0) is 11.4. The van der Waals surface area contributed by atoms with E-state index >= 15 is 0 Å². The lowest BCUT2D eigenvalue weighted by molar-refractivity contribution is -0.0653. The molecule has 0 aromatic rings. The molecule has 0 aromatic carbocycles. The summed E-state index contributed by atoms with van der Waals surface area (Å²) in [6, 6.07) is 0. The van der Waals surface area contributed by atoms with Crippen LogP contribution in [0.25, 0.3) is 0 Å². The first-order valence-electron chi connectivity index (χ1n) is 6.30. The second kappa shape index (κ2) is 5.86. The Bertz CT molecular complexity index is 177. The quantitative estimate of drug-likeness (QED) is 0.779. The van der Waals surface area contributed by atoms with E-state index in [-0.39, 0.29) is 6.10 Å². The molecule has 1 N–H and O–H groups in total. The van der Waals surface area contributed by atoms with Gasteiger partial charge in [0, 0.05) is 0 Å². The van der Waals surface area contributed by atoms with Crippen molar-refractivity contribution < 1.29 is 9.84 Å². The number of rotatable bonds is 4. The van der Waals surface area contributed by atoms with Crippen molar-refractivity contribution in [2.45, 2.75) is 59.2 Å². The minimum atomic E-state index is -0.338. The first kappa shape index (κ1) is 13.0. The third-order valence-electron chi connectivity index (χ3n) is 3.51. The largest absolute Gasteiger partial charge is 0.391 e.